The number of benzene rings is 3. The number of hydrogen-bond donors (Lipinski definition) is 1. The average molecular weight is 511 g/mol. The van der Waals surface area contributed by atoms with Crippen LogP contribution in [0.3, 0.4) is 0 Å². The van der Waals surface area contributed by atoms with E-state index in [9.17, 15) is 19.2 Å². The van der Waals surface area contributed by atoms with E-state index in [2.05, 4.69) is 10.1 Å². The molecule has 1 heterocycles. The monoisotopic (exact) mass is 510 g/mol. The molecule has 176 valence electrons. The summed E-state index contributed by atoms with van der Waals surface area (Å²) in [5, 5.41) is 3.05. The van der Waals surface area contributed by atoms with Gasteiger partial charge < -0.3 is 14.8 Å². The predicted molar refractivity (Wildman–Crippen MR) is 130 cm³/mol. The lowest BCUT2D eigenvalue weighted by Gasteiger charge is -2.15. The molecule has 0 saturated carbocycles. The average Bonchev–Trinajstić information content (AvgIpc) is 3.08. The van der Waals surface area contributed by atoms with E-state index in [1.165, 1.54) is 43.5 Å². The van der Waals surface area contributed by atoms with Crippen molar-refractivity contribution in [3.05, 3.63) is 99.7 Å². The van der Waals surface area contributed by atoms with Gasteiger partial charge in [0.2, 0.25) is 0 Å². The summed E-state index contributed by atoms with van der Waals surface area (Å²) in [5.74, 6) is -2.17. The number of halogens is 2. The highest BCUT2D eigenvalue weighted by atomic mass is 35.5. The van der Waals surface area contributed by atoms with Crippen LogP contribution in [-0.2, 0) is 14.3 Å². The van der Waals surface area contributed by atoms with E-state index in [-0.39, 0.29) is 27.5 Å². The summed E-state index contributed by atoms with van der Waals surface area (Å²) in [6.45, 7) is 0. The van der Waals surface area contributed by atoms with Gasteiger partial charge in [-0.15, -0.1) is 0 Å². The second kappa shape index (κ2) is 10.0. The van der Waals surface area contributed by atoms with Gasteiger partial charge >= 0.3 is 11.9 Å². The molecular weight excluding hydrogens is 495 g/mol. The second-order valence-electron chi connectivity index (χ2n) is 7.22. The zero-order chi connectivity index (χ0) is 25.1. The molecule has 0 aromatic heterocycles. The highest BCUT2D eigenvalue weighted by molar-refractivity contribution is 6.53. The van der Waals surface area contributed by atoms with Crippen LogP contribution >= 0.6 is 23.2 Å². The van der Waals surface area contributed by atoms with Crippen molar-refractivity contribution in [2.24, 2.45) is 0 Å². The Morgan fingerprint density at radius 1 is 0.771 bits per heavy atom. The van der Waals surface area contributed by atoms with Gasteiger partial charge in [-0.25, -0.2) is 14.5 Å². The number of carbonyl (C=O) groups excluding carboxylic acids is 4. The Labute approximate surface area is 209 Å². The van der Waals surface area contributed by atoms with Crippen LogP contribution in [0.1, 0.15) is 20.7 Å². The molecule has 8 nitrogen and oxygen atoms in total. The molecule has 0 radical (unpaired) electrons. The summed E-state index contributed by atoms with van der Waals surface area (Å²) >= 11 is 12.0. The zero-order valence-corrected chi connectivity index (χ0v) is 19.6. The fourth-order valence-corrected chi connectivity index (χ4v) is 3.55. The molecule has 4 rings (SSSR count). The van der Waals surface area contributed by atoms with Crippen LogP contribution in [0.15, 0.2) is 83.5 Å². The topological polar surface area (TPSA) is 102 Å². The summed E-state index contributed by atoms with van der Waals surface area (Å²) in [6, 6.07) is 18.2. The first-order valence-corrected chi connectivity index (χ1v) is 10.9. The van der Waals surface area contributed by atoms with Gasteiger partial charge in [0.1, 0.15) is 16.5 Å². The van der Waals surface area contributed by atoms with E-state index in [0.29, 0.717) is 16.5 Å². The highest BCUT2D eigenvalue weighted by Gasteiger charge is 2.39. The third-order valence-corrected chi connectivity index (χ3v) is 5.59. The highest BCUT2D eigenvalue weighted by Crippen LogP contribution is 2.30. The van der Waals surface area contributed by atoms with Gasteiger partial charge in [0.15, 0.2) is 0 Å². The number of esters is 2. The van der Waals surface area contributed by atoms with Crippen molar-refractivity contribution < 1.29 is 28.7 Å². The molecule has 1 N–H and O–H groups in total. The SMILES string of the molecule is COC(=O)c1ccc(N2C(=O)C(Cl)=C(Nc3ccc(C(=O)Oc4ccc(Cl)cc4)cc3)C2=O)cc1. The Bertz CT molecular complexity index is 1350. The molecule has 0 fully saturated rings. The van der Waals surface area contributed by atoms with Crippen LogP contribution in [-0.4, -0.2) is 30.9 Å². The standard InChI is InChI=1S/C25H16Cl2N2O6/c1-34-24(32)14-4-10-18(11-5-14)29-22(30)20(27)21(23(29)31)28-17-8-2-15(3-9-17)25(33)35-19-12-6-16(26)7-13-19/h2-13,28H,1H3. The molecule has 1 aliphatic heterocycles. The molecule has 0 bridgehead atoms. The van der Waals surface area contributed by atoms with E-state index >= 15 is 0 Å². The fourth-order valence-electron chi connectivity index (χ4n) is 3.21. The first kappa shape index (κ1) is 24.0. The van der Waals surface area contributed by atoms with Gasteiger partial charge in [0.25, 0.3) is 11.8 Å². The number of rotatable bonds is 6. The van der Waals surface area contributed by atoms with E-state index < -0.39 is 23.8 Å². The second-order valence-corrected chi connectivity index (χ2v) is 8.03. The molecule has 0 aliphatic carbocycles. The molecule has 10 heteroatoms. The van der Waals surface area contributed by atoms with Crippen molar-refractivity contribution in [3.8, 4) is 5.75 Å². The molecule has 0 spiro atoms. The first-order chi connectivity index (χ1) is 16.8. The molecule has 35 heavy (non-hydrogen) atoms. The Kier molecular flexibility index (Phi) is 6.86. The van der Waals surface area contributed by atoms with Crippen LogP contribution in [0.25, 0.3) is 0 Å². The molecule has 2 amide bonds. The Morgan fingerprint density at radius 3 is 1.94 bits per heavy atom. The summed E-state index contributed by atoms with van der Waals surface area (Å²) in [6.07, 6.45) is 0. The third-order valence-electron chi connectivity index (χ3n) is 4.99. The number of nitrogens with zero attached hydrogens (tertiary/aromatic N) is 1. The van der Waals surface area contributed by atoms with Crippen molar-refractivity contribution in [1.29, 1.82) is 0 Å². The summed E-state index contributed by atoms with van der Waals surface area (Å²) in [5.41, 5.74) is 1.08. The number of nitrogens with one attached hydrogen (secondary N) is 1. The number of carbonyl (C=O) groups is 4. The van der Waals surface area contributed by atoms with Crippen LogP contribution in [0, 0.1) is 0 Å². The van der Waals surface area contributed by atoms with E-state index in [1.807, 2.05) is 0 Å². The molecule has 0 atom stereocenters. The minimum atomic E-state index is -0.715. The van der Waals surface area contributed by atoms with Gasteiger partial charge in [0.05, 0.1) is 23.9 Å². The molecule has 3 aromatic carbocycles. The van der Waals surface area contributed by atoms with Crippen LogP contribution in [0.5, 0.6) is 5.75 Å². The summed E-state index contributed by atoms with van der Waals surface area (Å²) in [7, 11) is 1.25. The minimum Gasteiger partial charge on any atom is -0.465 e. The minimum absolute atomic E-state index is 0.120. The number of imide groups is 1. The number of amides is 2. The maximum absolute atomic E-state index is 12.9. The lowest BCUT2D eigenvalue weighted by Crippen LogP contribution is -2.32. The van der Waals surface area contributed by atoms with E-state index in [1.54, 1.807) is 36.4 Å². The molecule has 3 aromatic rings. The number of anilines is 2. The molecule has 0 saturated heterocycles. The molecule has 1 aliphatic rings. The third kappa shape index (κ3) is 5.03. The van der Waals surface area contributed by atoms with E-state index in [0.717, 1.165) is 4.90 Å². The smallest absolute Gasteiger partial charge is 0.343 e. The van der Waals surface area contributed by atoms with Crippen molar-refractivity contribution in [2.45, 2.75) is 0 Å². The van der Waals surface area contributed by atoms with Crippen molar-refractivity contribution >= 4 is 58.3 Å². The van der Waals surface area contributed by atoms with Crippen LogP contribution in [0.2, 0.25) is 5.02 Å². The number of methoxy groups -OCH3 is 1. The van der Waals surface area contributed by atoms with Crippen molar-refractivity contribution in [1.82, 2.24) is 0 Å². The van der Waals surface area contributed by atoms with Gasteiger partial charge in [0, 0.05) is 10.7 Å². The lowest BCUT2D eigenvalue weighted by molar-refractivity contribution is -0.120. The molecular formula is C25H16Cl2N2O6. The van der Waals surface area contributed by atoms with Crippen LogP contribution in [0.4, 0.5) is 11.4 Å². The lowest BCUT2D eigenvalue weighted by atomic mass is 10.2. The summed E-state index contributed by atoms with van der Waals surface area (Å²) < 4.78 is 9.93. The Hall–Kier alpha value is -4.14. The Balaban J connectivity index is 1.46. The fraction of sp³-hybridized carbons (Fsp3) is 0.0400. The predicted octanol–water partition coefficient (Wildman–Crippen LogP) is 4.78. The zero-order valence-electron chi connectivity index (χ0n) is 18.1. The quantitative estimate of drug-likeness (QED) is 0.289. The normalized spacial score (nSPS) is 13.2. The maximum atomic E-state index is 12.9. The number of ether oxygens (including phenoxy) is 2. The molecule has 0 unspecified atom stereocenters. The Morgan fingerprint density at radius 2 is 1.34 bits per heavy atom. The van der Waals surface area contributed by atoms with E-state index in [4.69, 9.17) is 27.9 Å². The largest absolute Gasteiger partial charge is 0.465 e. The number of hydrogen-bond acceptors (Lipinski definition) is 7. The van der Waals surface area contributed by atoms with Gasteiger partial charge in [-0.2, -0.15) is 0 Å². The maximum Gasteiger partial charge on any atom is 0.343 e. The van der Waals surface area contributed by atoms with Crippen LogP contribution < -0.4 is 15.0 Å². The van der Waals surface area contributed by atoms with Crippen molar-refractivity contribution in [2.75, 3.05) is 17.3 Å². The van der Waals surface area contributed by atoms with Gasteiger partial charge in [-0.05, 0) is 72.8 Å². The van der Waals surface area contributed by atoms with Gasteiger partial charge in [-0.1, -0.05) is 23.2 Å². The van der Waals surface area contributed by atoms with Gasteiger partial charge in [-0.3, -0.25) is 9.59 Å². The van der Waals surface area contributed by atoms with Crippen molar-refractivity contribution in [3.63, 3.8) is 0 Å². The summed E-state index contributed by atoms with van der Waals surface area (Å²) in [4.78, 5) is 50.4. The first-order valence-electron chi connectivity index (χ1n) is 10.1.